The van der Waals surface area contributed by atoms with Gasteiger partial charge in [-0.05, 0) is 58.9 Å². The molecule has 0 atom stereocenters. The van der Waals surface area contributed by atoms with E-state index in [1.165, 1.54) is 29.2 Å². The fourth-order valence-corrected chi connectivity index (χ4v) is 2.10. The SMILES string of the molecule is CN(CC(C)(C)NC(=O)OC(C)(C)C)C(=O)c1ccc(F)cc1. The van der Waals surface area contributed by atoms with Gasteiger partial charge in [-0.2, -0.15) is 0 Å². The van der Waals surface area contributed by atoms with Crippen LogP contribution in [0.5, 0.6) is 0 Å². The topological polar surface area (TPSA) is 58.6 Å². The van der Waals surface area contributed by atoms with Gasteiger partial charge in [0.15, 0.2) is 0 Å². The molecule has 0 unspecified atom stereocenters. The molecule has 6 heteroatoms. The van der Waals surface area contributed by atoms with E-state index in [9.17, 15) is 14.0 Å². The van der Waals surface area contributed by atoms with Crippen molar-refractivity contribution in [3.63, 3.8) is 0 Å². The fraction of sp³-hybridized carbons (Fsp3) is 0.529. The Labute approximate surface area is 136 Å². The molecular formula is C17H25FN2O3. The lowest BCUT2D eigenvalue weighted by Gasteiger charge is -2.32. The number of carbonyl (C=O) groups excluding carboxylic acids is 2. The Kier molecular flexibility index (Phi) is 5.75. The third-order valence-corrected chi connectivity index (χ3v) is 2.91. The monoisotopic (exact) mass is 324 g/mol. The number of rotatable bonds is 4. The minimum absolute atomic E-state index is 0.246. The van der Waals surface area contributed by atoms with Gasteiger partial charge in [0, 0.05) is 19.2 Å². The first-order chi connectivity index (χ1) is 10.4. The highest BCUT2D eigenvalue weighted by atomic mass is 19.1. The summed E-state index contributed by atoms with van der Waals surface area (Å²) in [4.78, 5) is 25.6. The van der Waals surface area contributed by atoms with Crippen molar-refractivity contribution in [2.45, 2.75) is 45.8 Å². The van der Waals surface area contributed by atoms with E-state index in [0.29, 0.717) is 5.56 Å². The second-order valence-electron chi connectivity index (χ2n) is 7.18. The van der Waals surface area contributed by atoms with Gasteiger partial charge in [0.25, 0.3) is 5.91 Å². The van der Waals surface area contributed by atoms with Gasteiger partial charge >= 0.3 is 6.09 Å². The van der Waals surface area contributed by atoms with Gasteiger partial charge < -0.3 is 15.0 Å². The lowest BCUT2D eigenvalue weighted by Crippen LogP contribution is -2.52. The maximum atomic E-state index is 12.9. The maximum Gasteiger partial charge on any atom is 0.408 e. The molecule has 0 bridgehead atoms. The summed E-state index contributed by atoms with van der Waals surface area (Å²) >= 11 is 0. The minimum atomic E-state index is -0.674. The van der Waals surface area contributed by atoms with Crippen molar-refractivity contribution >= 4 is 12.0 Å². The van der Waals surface area contributed by atoms with Crippen LogP contribution in [-0.2, 0) is 4.74 Å². The zero-order valence-corrected chi connectivity index (χ0v) is 14.6. The first-order valence-electron chi connectivity index (χ1n) is 7.42. The molecule has 1 aromatic carbocycles. The number of hydrogen-bond donors (Lipinski definition) is 1. The number of ether oxygens (including phenoxy) is 1. The van der Waals surface area contributed by atoms with Crippen molar-refractivity contribution in [1.82, 2.24) is 10.2 Å². The molecule has 0 radical (unpaired) electrons. The molecule has 0 fully saturated rings. The van der Waals surface area contributed by atoms with Crippen LogP contribution in [0.4, 0.5) is 9.18 Å². The fourth-order valence-electron chi connectivity index (χ4n) is 2.10. The summed E-state index contributed by atoms with van der Waals surface area (Å²) < 4.78 is 18.1. The first kappa shape index (κ1) is 18.9. The highest BCUT2D eigenvalue weighted by Gasteiger charge is 2.27. The Morgan fingerprint density at radius 3 is 2.13 bits per heavy atom. The molecule has 2 amide bonds. The van der Waals surface area contributed by atoms with Gasteiger partial charge in [-0.25, -0.2) is 9.18 Å². The molecule has 1 aromatic rings. The summed E-state index contributed by atoms with van der Waals surface area (Å²) in [6.07, 6.45) is -0.537. The summed E-state index contributed by atoms with van der Waals surface area (Å²) in [5, 5.41) is 2.74. The highest BCUT2D eigenvalue weighted by Crippen LogP contribution is 2.12. The van der Waals surface area contributed by atoms with E-state index < -0.39 is 23.1 Å². The summed E-state index contributed by atoms with van der Waals surface area (Å²) in [5.41, 5.74) is -0.870. The summed E-state index contributed by atoms with van der Waals surface area (Å²) in [6.45, 7) is 9.22. The van der Waals surface area contributed by atoms with Crippen LogP contribution in [0.25, 0.3) is 0 Å². The minimum Gasteiger partial charge on any atom is -0.444 e. The third-order valence-electron chi connectivity index (χ3n) is 2.91. The molecule has 0 aliphatic carbocycles. The van der Waals surface area contributed by atoms with E-state index in [1.54, 1.807) is 41.7 Å². The molecule has 23 heavy (non-hydrogen) atoms. The standard InChI is InChI=1S/C17H25FN2O3/c1-16(2,3)23-15(22)19-17(4,5)11-20(6)14(21)12-7-9-13(18)10-8-12/h7-10H,11H2,1-6H3,(H,19,22). The van der Waals surface area contributed by atoms with Gasteiger partial charge in [-0.3, -0.25) is 4.79 Å². The Morgan fingerprint density at radius 2 is 1.65 bits per heavy atom. The number of amides is 2. The largest absolute Gasteiger partial charge is 0.444 e. The predicted octanol–water partition coefficient (Wildman–Crippen LogP) is 3.20. The van der Waals surface area contributed by atoms with Crippen LogP contribution in [0.15, 0.2) is 24.3 Å². The first-order valence-corrected chi connectivity index (χ1v) is 7.42. The summed E-state index contributed by atoms with van der Waals surface area (Å²) in [6, 6.07) is 5.35. The van der Waals surface area contributed by atoms with Crippen LogP contribution >= 0.6 is 0 Å². The van der Waals surface area contributed by atoms with Crippen molar-refractivity contribution in [2.24, 2.45) is 0 Å². The second kappa shape index (κ2) is 6.98. The number of alkyl carbamates (subject to hydrolysis) is 1. The smallest absolute Gasteiger partial charge is 0.408 e. The van der Waals surface area contributed by atoms with Crippen LogP contribution in [-0.4, -0.2) is 41.6 Å². The van der Waals surface area contributed by atoms with E-state index in [0.717, 1.165) is 0 Å². The number of nitrogens with one attached hydrogen (secondary N) is 1. The van der Waals surface area contributed by atoms with Crippen LogP contribution in [0.2, 0.25) is 0 Å². The van der Waals surface area contributed by atoms with Crippen molar-refractivity contribution in [3.8, 4) is 0 Å². The third kappa shape index (κ3) is 6.67. The Balaban J connectivity index is 2.67. The lowest BCUT2D eigenvalue weighted by atomic mass is 10.0. The van der Waals surface area contributed by atoms with Crippen molar-refractivity contribution < 1.29 is 18.7 Å². The van der Waals surface area contributed by atoms with E-state index in [4.69, 9.17) is 4.74 Å². The van der Waals surface area contributed by atoms with Crippen molar-refractivity contribution in [3.05, 3.63) is 35.6 Å². The number of halogens is 1. The van der Waals surface area contributed by atoms with Gasteiger partial charge in [0.1, 0.15) is 11.4 Å². The van der Waals surface area contributed by atoms with Crippen LogP contribution in [0.3, 0.4) is 0 Å². The molecule has 0 spiro atoms. The normalized spacial score (nSPS) is 11.8. The molecule has 0 aromatic heterocycles. The molecular weight excluding hydrogens is 299 g/mol. The Morgan fingerprint density at radius 1 is 1.13 bits per heavy atom. The Hall–Kier alpha value is -2.11. The summed E-state index contributed by atoms with van der Waals surface area (Å²) in [7, 11) is 1.63. The van der Waals surface area contributed by atoms with Crippen LogP contribution < -0.4 is 5.32 Å². The average molecular weight is 324 g/mol. The van der Waals surface area contributed by atoms with Crippen LogP contribution in [0, 0.1) is 5.82 Å². The summed E-state index contributed by atoms with van der Waals surface area (Å²) in [5.74, 6) is -0.639. The molecule has 0 aliphatic rings. The number of likely N-dealkylation sites (N-methyl/N-ethyl adjacent to an activating group) is 1. The molecule has 5 nitrogen and oxygen atoms in total. The molecule has 1 N–H and O–H groups in total. The zero-order chi connectivity index (χ0) is 17.8. The maximum absolute atomic E-state index is 12.9. The van der Waals surface area contributed by atoms with Crippen molar-refractivity contribution in [1.29, 1.82) is 0 Å². The molecule has 128 valence electrons. The number of benzene rings is 1. The van der Waals surface area contributed by atoms with Crippen LogP contribution in [0.1, 0.15) is 45.0 Å². The molecule has 0 saturated carbocycles. The molecule has 0 heterocycles. The number of hydrogen-bond acceptors (Lipinski definition) is 3. The number of nitrogens with zero attached hydrogens (tertiary/aromatic N) is 1. The molecule has 1 rings (SSSR count). The number of carbonyl (C=O) groups is 2. The second-order valence-corrected chi connectivity index (χ2v) is 7.18. The van der Waals surface area contributed by atoms with Gasteiger partial charge in [-0.15, -0.1) is 0 Å². The molecule has 0 saturated heterocycles. The Bertz CT molecular complexity index is 562. The molecule has 0 aliphatic heterocycles. The van der Waals surface area contributed by atoms with E-state index in [1.807, 2.05) is 0 Å². The zero-order valence-electron chi connectivity index (χ0n) is 14.6. The average Bonchev–Trinajstić information content (AvgIpc) is 2.34. The quantitative estimate of drug-likeness (QED) is 0.925. The van der Waals surface area contributed by atoms with Gasteiger partial charge in [0.05, 0.1) is 5.54 Å². The van der Waals surface area contributed by atoms with E-state index >= 15 is 0 Å². The predicted molar refractivity (Wildman–Crippen MR) is 86.8 cm³/mol. The van der Waals surface area contributed by atoms with Gasteiger partial charge in [0.2, 0.25) is 0 Å². The lowest BCUT2D eigenvalue weighted by molar-refractivity contribution is 0.0441. The van der Waals surface area contributed by atoms with E-state index in [2.05, 4.69) is 5.32 Å². The van der Waals surface area contributed by atoms with Gasteiger partial charge in [-0.1, -0.05) is 0 Å². The van der Waals surface area contributed by atoms with Crippen molar-refractivity contribution in [2.75, 3.05) is 13.6 Å². The highest BCUT2D eigenvalue weighted by molar-refractivity contribution is 5.94. The van der Waals surface area contributed by atoms with E-state index in [-0.39, 0.29) is 12.5 Å².